The number of hydrogen-bond acceptors (Lipinski definition) is 8. The van der Waals surface area contributed by atoms with Gasteiger partial charge in [0.05, 0.1) is 12.2 Å². The molecule has 1 aliphatic carbocycles. The summed E-state index contributed by atoms with van der Waals surface area (Å²) < 4.78 is 22.0. The van der Waals surface area contributed by atoms with Crippen LogP contribution >= 0.6 is 0 Å². The number of nitrogens with one attached hydrogen (secondary N) is 3. The first-order valence-electron chi connectivity index (χ1n) is 16.0. The van der Waals surface area contributed by atoms with Gasteiger partial charge in [0.25, 0.3) is 0 Å². The van der Waals surface area contributed by atoms with E-state index in [0.717, 1.165) is 22.3 Å². The van der Waals surface area contributed by atoms with Crippen LogP contribution in [0, 0.1) is 0 Å². The molecule has 0 aromatic heterocycles. The van der Waals surface area contributed by atoms with Crippen LogP contribution in [0.3, 0.4) is 0 Å². The predicted molar refractivity (Wildman–Crippen MR) is 179 cm³/mol. The Bertz CT molecular complexity index is 1350. The molecular weight excluding hydrogens is 602 g/mol. The highest BCUT2D eigenvalue weighted by atomic mass is 16.6. The van der Waals surface area contributed by atoms with Crippen LogP contribution in [0.4, 0.5) is 9.59 Å². The maximum absolute atomic E-state index is 13.5. The number of alkyl carbamates (subject to hydrolysis) is 2. The van der Waals surface area contributed by atoms with E-state index >= 15 is 0 Å². The number of unbranched alkanes of at least 4 members (excludes halogenated alkanes) is 1. The molecule has 0 heterocycles. The number of carbonyl (C=O) groups excluding carboxylic acids is 4. The highest BCUT2D eigenvalue weighted by molar-refractivity contribution is 5.90. The van der Waals surface area contributed by atoms with Crippen LogP contribution in [0.2, 0.25) is 0 Å². The monoisotopic (exact) mass is 651 g/mol. The highest BCUT2D eigenvalue weighted by Gasteiger charge is 2.32. The van der Waals surface area contributed by atoms with Gasteiger partial charge in [0, 0.05) is 12.5 Å². The van der Waals surface area contributed by atoms with Crippen molar-refractivity contribution in [3.63, 3.8) is 0 Å². The Morgan fingerprint density at radius 3 is 2.00 bits per heavy atom. The van der Waals surface area contributed by atoms with E-state index in [1.165, 1.54) is 6.08 Å². The lowest BCUT2D eigenvalue weighted by molar-refractivity contribution is -0.147. The summed E-state index contributed by atoms with van der Waals surface area (Å²) in [6.45, 7) is 14.6. The number of esters is 1. The third kappa shape index (κ3) is 12.1. The first-order valence-corrected chi connectivity index (χ1v) is 16.0. The average Bonchev–Trinajstić information content (AvgIpc) is 3.32. The number of carbonyl (C=O) groups is 4. The van der Waals surface area contributed by atoms with Crippen molar-refractivity contribution in [3.05, 3.63) is 72.3 Å². The van der Waals surface area contributed by atoms with Crippen molar-refractivity contribution < 1.29 is 38.1 Å². The van der Waals surface area contributed by atoms with Crippen molar-refractivity contribution in [1.29, 1.82) is 0 Å². The average molecular weight is 652 g/mol. The zero-order valence-electron chi connectivity index (χ0n) is 28.4. The topological polar surface area (TPSA) is 141 Å². The van der Waals surface area contributed by atoms with Crippen LogP contribution in [-0.4, -0.2) is 73.7 Å². The van der Waals surface area contributed by atoms with Gasteiger partial charge in [-0.15, -0.1) is 0 Å². The van der Waals surface area contributed by atoms with E-state index in [4.69, 9.17) is 18.9 Å². The second-order valence-corrected chi connectivity index (χ2v) is 13.4. The van der Waals surface area contributed by atoms with Crippen molar-refractivity contribution in [2.24, 2.45) is 0 Å². The van der Waals surface area contributed by atoms with Gasteiger partial charge < -0.3 is 34.9 Å². The van der Waals surface area contributed by atoms with Gasteiger partial charge in [-0.3, -0.25) is 4.79 Å². The van der Waals surface area contributed by atoms with Gasteiger partial charge in [0.1, 0.15) is 30.9 Å². The third-order valence-corrected chi connectivity index (χ3v) is 7.17. The number of amides is 3. The molecule has 3 amide bonds. The smallest absolute Gasteiger partial charge is 0.407 e. The summed E-state index contributed by atoms with van der Waals surface area (Å²) in [5.41, 5.74) is 3.11. The number of rotatable bonds is 15. The lowest BCUT2D eigenvalue weighted by atomic mass is 9.98. The first-order chi connectivity index (χ1) is 22.2. The van der Waals surface area contributed by atoms with Crippen LogP contribution in [0.1, 0.15) is 77.8 Å². The van der Waals surface area contributed by atoms with Crippen molar-refractivity contribution >= 4 is 24.1 Å². The Labute approximate surface area is 277 Å². The molecule has 1 aliphatic rings. The van der Waals surface area contributed by atoms with E-state index in [1.54, 1.807) is 20.8 Å². The van der Waals surface area contributed by atoms with Gasteiger partial charge in [-0.1, -0.05) is 61.2 Å². The Morgan fingerprint density at radius 1 is 0.809 bits per heavy atom. The van der Waals surface area contributed by atoms with Crippen LogP contribution in [-0.2, 0) is 28.5 Å². The van der Waals surface area contributed by atoms with Crippen molar-refractivity contribution in [2.75, 3.05) is 26.4 Å². The third-order valence-electron chi connectivity index (χ3n) is 7.17. The molecule has 11 nitrogen and oxygen atoms in total. The van der Waals surface area contributed by atoms with E-state index in [-0.39, 0.29) is 32.2 Å². The molecule has 0 radical (unpaired) electrons. The molecule has 3 N–H and O–H groups in total. The van der Waals surface area contributed by atoms with Crippen LogP contribution < -0.4 is 16.0 Å². The van der Waals surface area contributed by atoms with Crippen LogP contribution in [0.25, 0.3) is 11.1 Å². The van der Waals surface area contributed by atoms with E-state index in [9.17, 15) is 19.2 Å². The van der Waals surface area contributed by atoms with E-state index in [1.807, 2.05) is 69.3 Å². The summed E-state index contributed by atoms with van der Waals surface area (Å²) in [4.78, 5) is 51.4. The minimum Gasteiger partial charge on any atom is -0.460 e. The van der Waals surface area contributed by atoms with E-state index in [0.29, 0.717) is 19.4 Å². The second kappa shape index (κ2) is 17.0. The Morgan fingerprint density at radius 2 is 1.43 bits per heavy atom. The van der Waals surface area contributed by atoms with Crippen molar-refractivity contribution in [3.8, 4) is 11.1 Å². The standard InChI is InChI=1S/C36H49N3O8/c1-8-21-44-32(41)29(19-13-14-20-37-33(42)47-36(5,6)7)38-31(40)30(23-46-35(2,3)4)39-34(43)45-22-28-26-17-11-9-15-24(26)25-16-10-12-18-27(25)28/h8-12,15-18,28-30H,1,13-14,19-23H2,2-7H3,(H,37,42)(H,38,40)(H,39,43)/t29-,30-/m0/s1. The molecule has 11 heteroatoms. The Balaban J connectivity index is 1.63. The molecule has 0 aliphatic heterocycles. The zero-order chi connectivity index (χ0) is 34.6. The number of hydrogen-bond donors (Lipinski definition) is 3. The lowest BCUT2D eigenvalue weighted by Gasteiger charge is -2.26. The summed E-state index contributed by atoms with van der Waals surface area (Å²) in [5.74, 6) is -1.43. The van der Waals surface area contributed by atoms with Crippen LogP contribution in [0.15, 0.2) is 61.2 Å². The predicted octanol–water partition coefficient (Wildman–Crippen LogP) is 5.62. The van der Waals surface area contributed by atoms with E-state index < -0.39 is 47.3 Å². The van der Waals surface area contributed by atoms with Crippen LogP contribution in [0.5, 0.6) is 0 Å². The molecule has 2 aromatic carbocycles. The van der Waals surface area contributed by atoms with Crippen molar-refractivity contribution in [1.82, 2.24) is 16.0 Å². The summed E-state index contributed by atoms with van der Waals surface area (Å²) >= 11 is 0. The number of fused-ring (bicyclic) bond motifs is 3. The van der Waals surface area contributed by atoms with Gasteiger partial charge in [0.2, 0.25) is 5.91 Å². The minimum atomic E-state index is -1.16. The SMILES string of the molecule is C=CCOC(=O)[C@H](CCCCNC(=O)OC(C)(C)C)NC(=O)[C@H](COC(C)(C)C)NC(=O)OCC1c2ccccc2-c2ccccc21. The van der Waals surface area contributed by atoms with Gasteiger partial charge in [-0.05, 0) is 83.1 Å². The fourth-order valence-corrected chi connectivity index (χ4v) is 5.04. The normalized spacial score (nSPS) is 13.7. The molecule has 2 aromatic rings. The maximum Gasteiger partial charge on any atom is 0.407 e. The number of ether oxygens (including phenoxy) is 4. The van der Waals surface area contributed by atoms with Crippen molar-refractivity contribution in [2.45, 2.75) is 90.0 Å². The summed E-state index contributed by atoms with van der Waals surface area (Å²) in [7, 11) is 0. The largest absolute Gasteiger partial charge is 0.460 e. The minimum absolute atomic E-state index is 0.0278. The van der Waals surface area contributed by atoms with E-state index in [2.05, 4.69) is 22.5 Å². The Kier molecular flexibility index (Phi) is 13.4. The maximum atomic E-state index is 13.5. The molecule has 0 fully saturated rings. The fourth-order valence-electron chi connectivity index (χ4n) is 5.04. The molecule has 3 rings (SSSR count). The van der Waals surface area contributed by atoms with Gasteiger partial charge in [-0.2, -0.15) is 0 Å². The molecule has 0 unspecified atom stereocenters. The molecule has 0 bridgehead atoms. The lowest BCUT2D eigenvalue weighted by Crippen LogP contribution is -2.54. The summed E-state index contributed by atoms with van der Waals surface area (Å²) in [5, 5.41) is 8.01. The quantitative estimate of drug-likeness (QED) is 0.0976. The first kappa shape index (κ1) is 37.1. The number of benzene rings is 2. The molecule has 256 valence electrons. The molecule has 0 saturated carbocycles. The van der Waals surface area contributed by atoms with Gasteiger partial charge in [0.15, 0.2) is 0 Å². The Hall–Kier alpha value is -4.38. The molecular formula is C36H49N3O8. The fraction of sp³-hybridized carbons (Fsp3) is 0.500. The zero-order valence-corrected chi connectivity index (χ0v) is 28.4. The molecule has 2 atom stereocenters. The molecule has 0 saturated heterocycles. The molecule has 0 spiro atoms. The van der Waals surface area contributed by atoms with Gasteiger partial charge in [-0.25, -0.2) is 14.4 Å². The second-order valence-electron chi connectivity index (χ2n) is 13.4. The summed E-state index contributed by atoms with van der Waals surface area (Å²) in [6.07, 6.45) is 1.34. The molecule has 47 heavy (non-hydrogen) atoms. The summed E-state index contributed by atoms with van der Waals surface area (Å²) in [6, 6.07) is 13.8. The highest BCUT2D eigenvalue weighted by Crippen LogP contribution is 2.44. The van der Waals surface area contributed by atoms with Gasteiger partial charge >= 0.3 is 18.2 Å².